The number of nitrogens with zero attached hydrogens (tertiary/aromatic N) is 9. The lowest BCUT2D eigenvalue weighted by atomic mass is 10.4. The lowest BCUT2D eigenvalue weighted by Crippen LogP contribution is -2.37. The Labute approximate surface area is 155 Å². The molecule has 13 nitrogen and oxygen atoms in total. The molecule has 0 aliphatic heterocycles. The van der Waals surface area contributed by atoms with Crippen LogP contribution in [0, 0.1) is 0 Å². The zero-order chi connectivity index (χ0) is 19.8. The van der Waals surface area contributed by atoms with Gasteiger partial charge in [-0.15, -0.1) is 0 Å². The molecule has 0 fully saturated rings. The molecule has 0 atom stereocenters. The molecule has 4 heterocycles. The van der Waals surface area contributed by atoms with Gasteiger partial charge in [-0.1, -0.05) is 0 Å². The molecule has 4 aromatic heterocycles. The Balaban J connectivity index is 1.61. The number of carbonyl (C=O) groups is 1. The van der Waals surface area contributed by atoms with Crippen LogP contribution in [0.2, 0.25) is 0 Å². The average molecular weight is 382 g/mol. The molecule has 142 valence electrons. The van der Waals surface area contributed by atoms with E-state index in [1.54, 1.807) is 0 Å². The predicted molar refractivity (Wildman–Crippen MR) is 95.8 cm³/mol. The van der Waals surface area contributed by atoms with E-state index in [2.05, 4.69) is 30.4 Å². The molecule has 0 bridgehead atoms. The van der Waals surface area contributed by atoms with Gasteiger partial charge in [-0.05, 0) is 0 Å². The highest BCUT2D eigenvalue weighted by Crippen LogP contribution is 2.09. The Morgan fingerprint density at radius 1 is 1.07 bits per heavy atom. The van der Waals surface area contributed by atoms with Gasteiger partial charge in [-0.25, -0.2) is 29.4 Å². The molecule has 1 N–H and O–H groups in total. The van der Waals surface area contributed by atoms with Gasteiger partial charge in [0.05, 0.1) is 6.33 Å². The Morgan fingerprint density at radius 3 is 2.64 bits per heavy atom. The van der Waals surface area contributed by atoms with Gasteiger partial charge < -0.3 is 9.88 Å². The molecular formula is C15H14N10O3. The number of nitrogens with one attached hydrogen (secondary N) is 1. The normalized spacial score (nSPS) is 11.1. The lowest BCUT2D eigenvalue weighted by Gasteiger charge is -2.08. The fourth-order valence-corrected chi connectivity index (χ4v) is 2.72. The summed E-state index contributed by atoms with van der Waals surface area (Å²) in [6, 6.07) is 1.53. The van der Waals surface area contributed by atoms with Crippen LogP contribution in [-0.4, -0.2) is 49.3 Å². The van der Waals surface area contributed by atoms with Gasteiger partial charge in [0.1, 0.15) is 31.3 Å². The second-order valence-electron chi connectivity index (χ2n) is 5.90. The van der Waals surface area contributed by atoms with E-state index in [4.69, 9.17) is 0 Å². The van der Waals surface area contributed by atoms with Crippen molar-refractivity contribution in [2.24, 2.45) is 14.1 Å². The fourth-order valence-electron chi connectivity index (χ4n) is 2.72. The minimum Gasteiger partial charge on any atom is -0.315 e. The molecule has 13 heteroatoms. The zero-order valence-corrected chi connectivity index (χ0v) is 14.8. The first-order chi connectivity index (χ1) is 13.5. The number of hydrogen-bond acceptors (Lipinski definition) is 8. The summed E-state index contributed by atoms with van der Waals surface area (Å²) >= 11 is 0. The third-order valence-electron chi connectivity index (χ3n) is 4.10. The molecule has 4 rings (SSSR count). The molecular weight excluding hydrogens is 368 g/mol. The number of imidazole rings is 1. The zero-order valence-electron chi connectivity index (χ0n) is 14.8. The van der Waals surface area contributed by atoms with Crippen molar-refractivity contribution in [3.05, 3.63) is 52.2 Å². The third-order valence-corrected chi connectivity index (χ3v) is 4.10. The molecule has 4 aromatic rings. The van der Waals surface area contributed by atoms with Crippen molar-refractivity contribution in [1.29, 1.82) is 0 Å². The molecule has 0 aliphatic carbocycles. The summed E-state index contributed by atoms with van der Waals surface area (Å²) in [5.41, 5.74) is -0.658. The second kappa shape index (κ2) is 6.53. The summed E-state index contributed by atoms with van der Waals surface area (Å²) in [5, 5.41) is 6.59. The van der Waals surface area contributed by atoms with Gasteiger partial charge in [-0.2, -0.15) is 5.10 Å². The number of amides is 1. The van der Waals surface area contributed by atoms with E-state index in [1.165, 1.54) is 59.3 Å². The summed E-state index contributed by atoms with van der Waals surface area (Å²) in [5.74, 6) is 0.258. The molecule has 0 aromatic carbocycles. The minimum atomic E-state index is -0.529. The molecule has 0 spiro atoms. The van der Waals surface area contributed by atoms with Crippen LogP contribution in [0.25, 0.3) is 17.0 Å². The van der Waals surface area contributed by atoms with Crippen molar-refractivity contribution in [3.63, 3.8) is 0 Å². The average Bonchev–Trinajstić information content (AvgIpc) is 3.35. The number of fused-ring (bicyclic) bond motifs is 1. The van der Waals surface area contributed by atoms with Crippen LogP contribution in [0.3, 0.4) is 0 Å². The Bertz CT molecular complexity index is 1300. The summed E-state index contributed by atoms with van der Waals surface area (Å²) < 4.78 is 5.02. The van der Waals surface area contributed by atoms with E-state index in [0.29, 0.717) is 5.82 Å². The molecule has 0 saturated heterocycles. The monoisotopic (exact) mass is 382 g/mol. The van der Waals surface area contributed by atoms with Crippen molar-refractivity contribution in [2.45, 2.75) is 6.54 Å². The number of rotatable bonds is 4. The smallest absolute Gasteiger partial charge is 0.315 e. The van der Waals surface area contributed by atoms with Crippen molar-refractivity contribution in [3.8, 4) is 5.82 Å². The van der Waals surface area contributed by atoms with Crippen LogP contribution in [0.5, 0.6) is 0 Å². The van der Waals surface area contributed by atoms with Crippen LogP contribution in [0.15, 0.2) is 41.0 Å². The van der Waals surface area contributed by atoms with Crippen LogP contribution in [0.1, 0.15) is 0 Å². The fraction of sp³-hybridized carbons (Fsp3) is 0.200. The van der Waals surface area contributed by atoms with Gasteiger partial charge in [0.25, 0.3) is 5.56 Å². The van der Waals surface area contributed by atoms with E-state index in [1.807, 2.05) is 0 Å². The maximum atomic E-state index is 12.4. The standard InChI is InChI=1S/C15H14N10O3/c1-22-13-12(14(27)23(2)15(22)28)24(8-19-13)4-11(26)21-9-3-10(18-6-17-9)25-7-16-5-20-25/h3,5-8H,4H2,1-2H3,(H,17,18,21,26). The van der Waals surface area contributed by atoms with Crippen molar-refractivity contribution >= 4 is 22.9 Å². The number of aryl methyl sites for hydroxylation is 1. The lowest BCUT2D eigenvalue weighted by molar-refractivity contribution is -0.116. The molecule has 0 aliphatic rings. The Hall–Kier alpha value is -4.16. The van der Waals surface area contributed by atoms with Crippen molar-refractivity contribution < 1.29 is 4.79 Å². The van der Waals surface area contributed by atoms with Crippen LogP contribution in [0.4, 0.5) is 5.82 Å². The quantitative estimate of drug-likeness (QED) is 0.446. The summed E-state index contributed by atoms with van der Waals surface area (Å²) in [6.07, 6.45) is 5.45. The van der Waals surface area contributed by atoms with Crippen molar-refractivity contribution in [2.75, 3.05) is 5.32 Å². The molecule has 1 amide bonds. The highest BCUT2D eigenvalue weighted by molar-refractivity contribution is 5.90. The van der Waals surface area contributed by atoms with Gasteiger partial charge in [0, 0.05) is 20.2 Å². The first kappa shape index (κ1) is 17.3. The molecule has 0 radical (unpaired) electrons. The Kier molecular flexibility index (Phi) is 4.03. The van der Waals surface area contributed by atoms with Crippen LogP contribution in [-0.2, 0) is 25.4 Å². The molecule has 0 unspecified atom stereocenters. The largest absolute Gasteiger partial charge is 0.332 e. The highest BCUT2D eigenvalue weighted by Gasteiger charge is 2.16. The van der Waals surface area contributed by atoms with Gasteiger partial charge >= 0.3 is 5.69 Å². The number of hydrogen-bond donors (Lipinski definition) is 1. The first-order valence-electron chi connectivity index (χ1n) is 8.03. The van der Waals surface area contributed by atoms with E-state index >= 15 is 0 Å². The second-order valence-corrected chi connectivity index (χ2v) is 5.90. The SMILES string of the molecule is Cn1c(=O)c2c(ncn2CC(=O)Nc2cc(-n3cncn3)ncn2)n(C)c1=O. The Morgan fingerprint density at radius 2 is 1.89 bits per heavy atom. The minimum absolute atomic E-state index is 0.158. The van der Waals surface area contributed by atoms with E-state index in [9.17, 15) is 14.4 Å². The summed E-state index contributed by atoms with van der Waals surface area (Å²) in [6.45, 7) is -0.188. The van der Waals surface area contributed by atoms with Gasteiger partial charge in [-0.3, -0.25) is 18.7 Å². The number of aromatic nitrogens is 9. The van der Waals surface area contributed by atoms with E-state index in [0.717, 1.165) is 4.57 Å². The maximum Gasteiger partial charge on any atom is 0.332 e. The molecule has 28 heavy (non-hydrogen) atoms. The van der Waals surface area contributed by atoms with Crippen molar-refractivity contribution in [1.82, 2.24) is 43.4 Å². The van der Waals surface area contributed by atoms with Gasteiger partial charge in [0.15, 0.2) is 17.0 Å². The van der Waals surface area contributed by atoms with Gasteiger partial charge in [0.2, 0.25) is 5.91 Å². The number of carbonyl (C=O) groups excluding carboxylic acids is 1. The molecule has 0 saturated carbocycles. The van der Waals surface area contributed by atoms with Crippen LogP contribution >= 0.6 is 0 Å². The highest BCUT2D eigenvalue weighted by atomic mass is 16.2. The topological polar surface area (TPSA) is 147 Å². The predicted octanol–water partition coefficient (Wildman–Crippen LogP) is -1.56. The number of anilines is 1. The van der Waals surface area contributed by atoms with E-state index in [-0.39, 0.29) is 23.5 Å². The first-order valence-corrected chi connectivity index (χ1v) is 8.03. The summed E-state index contributed by atoms with van der Waals surface area (Å²) in [4.78, 5) is 52.8. The van der Waals surface area contributed by atoms with E-state index < -0.39 is 17.2 Å². The third kappa shape index (κ3) is 2.84. The summed E-state index contributed by atoms with van der Waals surface area (Å²) in [7, 11) is 2.88. The van der Waals surface area contributed by atoms with Crippen LogP contribution < -0.4 is 16.6 Å². The maximum absolute atomic E-state index is 12.4.